The largest absolute Gasteiger partial charge is 0.362 e. The summed E-state index contributed by atoms with van der Waals surface area (Å²) in [5.41, 5.74) is 0.889. The van der Waals surface area contributed by atoms with E-state index in [-0.39, 0.29) is 27.7 Å². The SMILES string of the molecule is CC(=O)N1CCN(c2ccc(C(=O)Nc3ccc(Cl)c(C#N)c3)cc2[N+](=O)[O-])CC1. The van der Waals surface area contributed by atoms with Gasteiger partial charge in [0.1, 0.15) is 11.8 Å². The van der Waals surface area contributed by atoms with Crippen molar-refractivity contribution in [3.8, 4) is 6.07 Å². The van der Waals surface area contributed by atoms with Crippen LogP contribution in [0.25, 0.3) is 0 Å². The molecule has 1 fully saturated rings. The molecule has 0 saturated carbocycles. The molecule has 0 aromatic heterocycles. The van der Waals surface area contributed by atoms with Gasteiger partial charge in [-0.3, -0.25) is 19.7 Å². The predicted molar refractivity (Wildman–Crippen MR) is 112 cm³/mol. The van der Waals surface area contributed by atoms with Crippen LogP contribution < -0.4 is 10.2 Å². The molecule has 0 atom stereocenters. The fraction of sp³-hybridized carbons (Fsp3) is 0.250. The van der Waals surface area contributed by atoms with Gasteiger partial charge in [0.15, 0.2) is 0 Å². The normalized spacial score (nSPS) is 13.5. The van der Waals surface area contributed by atoms with Crippen LogP contribution in [0.4, 0.5) is 17.1 Å². The van der Waals surface area contributed by atoms with Gasteiger partial charge in [-0.15, -0.1) is 0 Å². The van der Waals surface area contributed by atoms with E-state index in [0.29, 0.717) is 37.6 Å². The third-order valence-electron chi connectivity index (χ3n) is 4.84. The van der Waals surface area contributed by atoms with Gasteiger partial charge in [-0.1, -0.05) is 11.6 Å². The third-order valence-corrected chi connectivity index (χ3v) is 5.17. The van der Waals surface area contributed by atoms with Crippen LogP contribution in [0.3, 0.4) is 0 Å². The monoisotopic (exact) mass is 427 g/mol. The number of halogens is 1. The minimum absolute atomic E-state index is 0.0297. The molecule has 0 aliphatic carbocycles. The smallest absolute Gasteiger partial charge is 0.293 e. The molecular formula is C20H18ClN5O4. The molecule has 2 amide bonds. The number of benzene rings is 2. The van der Waals surface area contributed by atoms with E-state index in [2.05, 4.69) is 5.32 Å². The molecule has 0 radical (unpaired) electrons. The predicted octanol–water partition coefficient (Wildman–Crippen LogP) is 3.04. The number of carbonyl (C=O) groups excluding carboxylic acids is 2. The molecule has 9 nitrogen and oxygen atoms in total. The van der Waals surface area contributed by atoms with E-state index in [1.807, 2.05) is 11.0 Å². The fourth-order valence-electron chi connectivity index (χ4n) is 3.23. The fourth-order valence-corrected chi connectivity index (χ4v) is 3.39. The number of nitrogens with one attached hydrogen (secondary N) is 1. The van der Waals surface area contributed by atoms with Crippen LogP contribution in [0, 0.1) is 21.4 Å². The van der Waals surface area contributed by atoms with Crippen molar-refractivity contribution in [3.63, 3.8) is 0 Å². The summed E-state index contributed by atoms with van der Waals surface area (Å²) in [4.78, 5) is 38.7. The van der Waals surface area contributed by atoms with Gasteiger partial charge in [0.05, 0.1) is 15.5 Å². The van der Waals surface area contributed by atoms with Crippen molar-refractivity contribution in [2.45, 2.75) is 6.92 Å². The quantitative estimate of drug-likeness (QED) is 0.591. The lowest BCUT2D eigenvalue weighted by Crippen LogP contribution is -2.48. The molecule has 1 aliphatic heterocycles. The molecule has 1 N–H and O–H groups in total. The van der Waals surface area contributed by atoms with Gasteiger partial charge < -0.3 is 15.1 Å². The zero-order chi connectivity index (χ0) is 21.8. The van der Waals surface area contributed by atoms with Crippen molar-refractivity contribution in [1.82, 2.24) is 4.90 Å². The lowest BCUT2D eigenvalue weighted by Gasteiger charge is -2.35. The van der Waals surface area contributed by atoms with Crippen molar-refractivity contribution < 1.29 is 14.5 Å². The van der Waals surface area contributed by atoms with Crippen LogP contribution in [-0.4, -0.2) is 47.8 Å². The summed E-state index contributed by atoms with van der Waals surface area (Å²) in [7, 11) is 0. The molecule has 1 heterocycles. The van der Waals surface area contributed by atoms with Crippen molar-refractivity contribution in [3.05, 3.63) is 62.7 Å². The van der Waals surface area contributed by atoms with E-state index < -0.39 is 10.8 Å². The Bertz CT molecular complexity index is 1060. The first-order chi connectivity index (χ1) is 14.3. The summed E-state index contributed by atoms with van der Waals surface area (Å²) in [6, 6.07) is 10.7. The molecule has 0 spiro atoms. The van der Waals surface area contributed by atoms with Gasteiger partial charge in [-0.25, -0.2) is 0 Å². The van der Waals surface area contributed by atoms with Crippen LogP contribution in [0.2, 0.25) is 5.02 Å². The molecule has 2 aromatic carbocycles. The average molecular weight is 428 g/mol. The molecule has 154 valence electrons. The zero-order valence-electron chi connectivity index (χ0n) is 16.1. The molecule has 30 heavy (non-hydrogen) atoms. The average Bonchev–Trinajstić information content (AvgIpc) is 2.74. The molecular weight excluding hydrogens is 410 g/mol. The second kappa shape index (κ2) is 8.80. The minimum Gasteiger partial charge on any atom is -0.362 e. The summed E-state index contributed by atoms with van der Waals surface area (Å²) in [5, 5.41) is 23.5. The molecule has 2 aromatic rings. The summed E-state index contributed by atoms with van der Waals surface area (Å²) in [6.45, 7) is 3.38. The first kappa shape index (κ1) is 21.1. The van der Waals surface area contributed by atoms with Crippen LogP contribution in [0.5, 0.6) is 0 Å². The van der Waals surface area contributed by atoms with Gasteiger partial charge in [-0.05, 0) is 30.3 Å². The van der Waals surface area contributed by atoms with Crippen molar-refractivity contribution in [2.75, 3.05) is 36.4 Å². The molecule has 10 heteroatoms. The molecule has 1 aliphatic rings. The van der Waals surface area contributed by atoms with E-state index in [9.17, 15) is 19.7 Å². The Morgan fingerprint density at radius 1 is 1.17 bits per heavy atom. The maximum Gasteiger partial charge on any atom is 0.293 e. The van der Waals surface area contributed by atoms with E-state index in [4.69, 9.17) is 16.9 Å². The summed E-state index contributed by atoms with van der Waals surface area (Å²) >= 11 is 5.89. The molecule has 0 unspecified atom stereocenters. The number of carbonyl (C=O) groups is 2. The van der Waals surface area contributed by atoms with Gasteiger partial charge in [0, 0.05) is 50.4 Å². The number of nitro groups is 1. The number of hydrogen-bond acceptors (Lipinski definition) is 6. The van der Waals surface area contributed by atoms with Gasteiger partial charge in [0.2, 0.25) is 5.91 Å². The number of nitriles is 1. The lowest BCUT2D eigenvalue weighted by atomic mass is 10.1. The lowest BCUT2D eigenvalue weighted by molar-refractivity contribution is -0.384. The van der Waals surface area contributed by atoms with Crippen molar-refractivity contribution >= 4 is 40.5 Å². The first-order valence-electron chi connectivity index (χ1n) is 9.10. The summed E-state index contributed by atoms with van der Waals surface area (Å²) in [5.74, 6) is -0.574. The van der Waals surface area contributed by atoms with E-state index in [0.717, 1.165) is 0 Å². The molecule has 0 bridgehead atoms. The number of hydrogen-bond donors (Lipinski definition) is 1. The molecule has 1 saturated heterocycles. The maximum absolute atomic E-state index is 12.6. The van der Waals surface area contributed by atoms with Crippen molar-refractivity contribution in [2.24, 2.45) is 0 Å². The summed E-state index contributed by atoms with van der Waals surface area (Å²) < 4.78 is 0. The Labute approximate surface area is 177 Å². The van der Waals surface area contributed by atoms with Crippen molar-refractivity contribution in [1.29, 1.82) is 5.26 Å². The topological polar surface area (TPSA) is 120 Å². The van der Waals surface area contributed by atoms with E-state index in [1.54, 1.807) is 17.0 Å². The molecule has 3 rings (SSSR count). The number of anilines is 2. The highest BCUT2D eigenvalue weighted by Crippen LogP contribution is 2.30. The Morgan fingerprint density at radius 2 is 1.87 bits per heavy atom. The number of nitro benzene ring substituents is 1. The first-order valence-corrected chi connectivity index (χ1v) is 9.48. The number of rotatable bonds is 4. The van der Waals surface area contributed by atoms with Gasteiger partial charge >= 0.3 is 0 Å². The van der Waals surface area contributed by atoms with Gasteiger partial charge in [0.25, 0.3) is 11.6 Å². The number of amides is 2. The van der Waals surface area contributed by atoms with Crippen LogP contribution >= 0.6 is 11.6 Å². The zero-order valence-corrected chi connectivity index (χ0v) is 16.8. The Hall–Kier alpha value is -3.64. The number of nitrogens with zero attached hydrogens (tertiary/aromatic N) is 4. The second-order valence-electron chi connectivity index (χ2n) is 6.71. The minimum atomic E-state index is -0.544. The van der Waals surface area contributed by atoms with Crippen LogP contribution in [0.1, 0.15) is 22.8 Å². The Balaban J connectivity index is 1.81. The van der Waals surface area contributed by atoms with E-state index >= 15 is 0 Å². The van der Waals surface area contributed by atoms with Gasteiger partial charge in [-0.2, -0.15) is 5.26 Å². The highest BCUT2D eigenvalue weighted by atomic mass is 35.5. The second-order valence-corrected chi connectivity index (χ2v) is 7.12. The Morgan fingerprint density at radius 3 is 2.47 bits per heavy atom. The van der Waals surface area contributed by atoms with Crippen LogP contribution in [-0.2, 0) is 4.79 Å². The van der Waals surface area contributed by atoms with E-state index in [1.165, 1.54) is 31.2 Å². The highest BCUT2D eigenvalue weighted by molar-refractivity contribution is 6.31. The summed E-state index contributed by atoms with van der Waals surface area (Å²) in [6.07, 6.45) is 0. The maximum atomic E-state index is 12.6. The number of piperazine rings is 1. The standard InChI is InChI=1S/C20H18ClN5O4/c1-13(27)24-6-8-25(9-7-24)18-5-2-14(11-19(18)26(29)30)20(28)23-16-3-4-17(21)15(10-16)12-22/h2-5,10-11H,6-9H2,1H3,(H,23,28). The highest BCUT2D eigenvalue weighted by Gasteiger charge is 2.26. The third kappa shape index (κ3) is 4.50. The Kier molecular flexibility index (Phi) is 6.18. The van der Waals surface area contributed by atoms with Crippen LogP contribution in [0.15, 0.2) is 36.4 Å².